The highest BCUT2D eigenvalue weighted by Gasteiger charge is 2.16. The zero-order chi connectivity index (χ0) is 18.5. The van der Waals surface area contributed by atoms with Crippen LogP contribution in [-0.2, 0) is 9.05 Å². The van der Waals surface area contributed by atoms with Crippen LogP contribution < -0.4 is 4.52 Å². The second-order valence-corrected chi connectivity index (χ2v) is 6.24. The molecule has 136 valence electrons. The predicted octanol–water partition coefficient (Wildman–Crippen LogP) is 7.02. The van der Waals surface area contributed by atoms with Crippen molar-refractivity contribution in [3.05, 3.63) is 77.9 Å². The van der Waals surface area contributed by atoms with E-state index in [0.29, 0.717) is 17.1 Å². The Labute approximate surface area is 151 Å². The smallest absolute Gasteiger partial charge is 0.423 e. The first kappa shape index (κ1) is 21.1. The molecule has 0 amide bonds. The van der Waals surface area contributed by atoms with Gasteiger partial charge in [0, 0.05) is 0 Å². The van der Waals surface area contributed by atoms with Gasteiger partial charge in [-0.15, -0.1) is 0 Å². The van der Waals surface area contributed by atoms with E-state index < -0.39 is 8.60 Å². The van der Waals surface area contributed by atoms with Crippen LogP contribution in [0, 0.1) is 0 Å². The zero-order valence-electron chi connectivity index (χ0n) is 15.2. The number of para-hydroxylation sites is 1. The molecule has 1 aromatic carbocycles. The van der Waals surface area contributed by atoms with Crippen LogP contribution in [0.5, 0.6) is 5.75 Å². The van der Waals surface area contributed by atoms with Gasteiger partial charge in [-0.05, 0) is 57.0 Å². The topological polar surface area (TPSA) is 27.7 Å². The molecule has 1 rings (SSSR count). The molecule has 0 saturated carbocycles. The molecule has 0 saturated heterocycles. The van der Waals surface area contributed by atoms with Gasteiger partial charge in [-0.3, -0.25) is 4.52 Å². The summed E-state index contributed by atoms with van der Waals surface area (Å²) >= 11 is 0. The second-order valence-electron chi connectivity index (χ2n) is 5.17. The number of rotatable bonds is 10. The molecule has 0 aliphatic rings. The van der Waals surface area contributed by atoms with E-state index in [1.807, 2.05) is 75.4 Å². The van der Waals surface area contributed by atoms with Gasteiger partial charge in [0.15, 0.2) is 0 Å². The van der Waals surface area contributed by atoms with Crippen LogP contribution in [-0.4, -0.2) is 6.61 Å². The van der Waals surface area contributed by atoms with Crippen LogP contribution in [0.25, 0.3) is 0 Å². The van der Waals surface area contributed by atoms with Crippen LogP contribution >= 0.6 is 8.60 Å². The molecule has 5 heteroatoms. The number of hydrogen-bond acceptors (Lipinski definition) is 3. The predicted molar refractivity (Wildman–Crippen MR) is 103 cm³/mol. The summed E-state index contributed by atoms with van der Waals surface area (Å²) in [5.74, 6) is 1.00. The monoisotopic (exact) mass is 364 g/mol. The van der Waals surface area contributed by atoms with Gasteiger partial charge in [0.25, 0.3) is 0 Å². The van der Waals surface area contributed by atoms with Crippen LogP contribution in [0.1, 0.15) is 34.1 Å². The molecule has 0 fully saturated rings. The Morgan fingerprint density at radius 1 is 1.16 bits per heavy atom. The first-order valence-electron chi connectivity index (χ1n) is 8.23. The van der Waals surface area contributed by atoms with Crippen molar-refractivity contribution >= 4 is 8.60 Å². The number of benzene rings is 1. The minimum Gasteiger partial charge on any atom is -0.423 e. The van der Waals surface area contributed by atoms with Gasteiger partial charge >= 0.3 is 8.60 Å². The fourth-order valence-corrected chi connectivity index (χ4v) is 2.68. The number of halogens is 1. The van der Waals surface area contributed by atoms with E-state index in [0.717, 1.165) is 6.42 Å². The van der Waals surface area contributed by atoms with Crippen molar-refractivity contribution in [2.24, 2.45) is 0 Å². The molecule has 0 heterocycles. The maximum atomic E-state index is 13.9. The Morgan fingerprint density at radius 2 is 1.88 bits per heavy atom. The summed E-state index contributed by atoms with van der Waals surface area (Å²) in [4.78, 5) is 0. The second kappa shape index (κ2) is 12.5. The summed E-state index contributed by atoms with van der Waals surface area (Å²) in [5, 5.41) is 0. The van der Waals surface area contributed by atoms with Crippen molar-refractivity contribution in [2.75, 3.05) is 6.61 Å². The quantitative estimate of drug-likeness (QED) is 0.254. The van der Waals surface area contributed by atoms with Crippen LogP contribution in [0.4, 0.5) is 4.39 Å². The van der Waals surface area contributed by atoms with Gasteiger partial charge in [-0.2, -0.15) is 0 Å². The van der Waals surface area contributed by atoms with Gasteiger partial charge < -0.3 is 9.05 Å². The third-order valence-electron chi connectivity index (χ3n) is 2.99. The SMILES string of the molecule is C/C=C\C=C(/C)OP(OC/C=C(F)\C(C)=C/CC)Oc1ccccc1. The summed E-state index contributed by atoms with van der Waals surface area (Å²) in [5.41, 5.74) is 0.601. The minimum atomic E-state index is -1.68. The molecule has 0 aromatic heterocycles. The molecule has 3 nitrogen and oxygen atoms in total. The van der Waals surface area contributed by atoms with Crippen LogP contribution in [0.15, 0.2) is 77.9 Å². The highest BCUT2D eigenvalue weighted by atomic mass is 31.2. The lowest BCUT2D eigenvalue weighted by Gasteiger charge is -2.17. The first-order chi connectivity index (χ1) is 12.1. The maximum absolute atomic E-state index is 13.9. The van der Waals surface area contributed by atoms with E-state index in [4.69, 9.17) is 13.6 Å². The Hall–Kier alpha value is -1.90. The lowest BCUT2D eigenvalue weighted by atomic mass is 10.2. The summed E-state index contributed by atoms with van der Waals surface area (Å²) in [6, 6.07) is 9.26. The van der Waals surface area contributed by atoms with Crippen LogP contribution in [0.2, 0.25) is 0 Å². The molecular weight excluding hydrogens is 338 g/mol. The van der Waals surface area contributed by atoms with E-state index in [-0.39, 0.29) is 12.4 Å². The zero-order valence-corrected chi connectivity index (χ0v) is 16.1. The van der Waals surface area contributed by atoms with Crippen molar-refractivity contribution in [3.8, 4) is 5.75 Å². The van der Waals surface area contributed by atoms with Gasteiger partial charge in [0.2, 0.25) is 0 Å². The van der Waals surface area contributed by atoms with Crippen molar-refractivity contribution in [2.45, 2.75) is 34.1 Å². The van der Waals surface area contributed by atoms with Crippen molar-refractivity contribution in [3.63, 3.8) is 0 Å². The molecule has 1 unspecified atom stereocenters. The summed E-state index contributed by atoms with van der Waals surface area (Å²) < 4.78 is 31.0. The third kappa shape index (κ3) is 9.23. The summed E-state index contributed by atoms with van der Waals surface area (Å²) in [6.45, 7) is 7.50. The van der Waals surface area contributed by atoms with Gasteiger partial charge in [-0.1, -0.05) is 43.4 Å². The molecule has 0 aliphatic carbocycles. The minimum absolute atomic E-state index is 0.0656. The normalized spacial score (nSPS) is 14.7. The standard InChI is InChI=1S/C20H26FO3P/c1-5-7-12-18(4)23-25(24-19-13-9-8-10-14-19)22-16-15-20(21)17(3)11-6-2/h5,7-15H,6,16H2,1-4H3/b7-5-,17-11-,18-12+,20-15+. The molecule has 0 bridgehead atoms. The van der Waals surface area contributed by atoms with E-state index in [1.54, 1.807) is 6.92 Å². The lowest BCUT2D eigenvalue weighted by Crippen LogP contribution is -1.98. The van der Waals surface area contributed by atoms with E-state index in [9.17, 15) is 4.39 Å². The van der Waals surface area contributed by atoms with Gasteiger partial charge in [0.05, 0.1) is 6.61 Å². The average Bonchev–Trinajstić information content (AvgIpc) is 2.60. The Balaban J connectivity index is 2.73. The molecule has 0 radical (unpaired) electrons. The summed E-state index contributed by atoms with van der Waals surface area (Å²) in [6.07, 6.45) is 9.58. The van der Waals surface area contributed by atoms with Crippen molar-refractivity contribution in [1.29, 1.82) is 0 Å². The summed E-state index contributed by atoms with van der Waals surface area (Å²) in [7, 11) is -1.68. The van der Waals surface area contributed by atoms with Crippen molar-refractivity contribution < 1.29 is 18.0 Å². The Morgan fingerprint density at radius 3 is 2.52 bits per heavy atom. The molecular formula is C20H26FO3P. The highest BCUT2D eigenvalue weighted by molar-refractivity contribution is 7.42. The third-order valence-corrected chi connectivity index (χ3v) is 4.15. The van der Waals surface area contributed by atoms with Crippen molar-refractivity contribution in [1.82, 2.24) is 0 Å². The highest BCUT2D eigenvalue weighted by Crippen LogP contribution is 2.42. The van der Waals surface area contributed by atoms with E-state index >= 15 is 0 Å². The molecule has 1 aromatic rings. The van der Waals surface area contributed by atoms with Crippen LogP contribution in [0.3, 0.4) is 0 Å². The fourth-order valence-electron chi connectivity index (χ4n) is 1.75. The average molecular weight is 364 g/mol. The van der Waals surface area contributed by atoms with E-state index in [2.05, 4.69) is 0 Å². The van der Waals surface area contributed by atoms with Gasteiger partial charge in [-0.25, -0.2) is 4.39 Å². The first-order valence-corrected chi connectivity index (χ1v) is 9.32. The molecule has 0 aliphatic heterocycles. The lowest BCUT2D eigenvalue weighted by molar-refractivity contribution is 0.261. The largest absolute Gasteiger partial charge is 0.463 e. The number of allylic oxidation sites excluding steroid dienone is 7. The maximum Gasteiger partial charge on any atom is 0.463 e. The van der Waals surface area contributed by atoms with Gasteiger partial charge in [0.1, 0.15) is 17.3 Å². The fraction of sp³-hybridized carbons (Fsp3) is 0.300. The Kier molecular flexibility index (Phi) is 10.5. The molecule has 1 atom stereocenters. The number of hydrogen-bond donors (Lipinski definition) is 0. The molecule has 25 heavy (non-hydrogen) atoms. The Bertz CT molecular complexity index is 621. The van der Waals surface area contributed by atoms with E-state index in [1.165, 1.54) is 6.08 Å². The molecule has 0 spiro atoms. The molecule has 0 N–H and O–H groups in total.